The van der Waals surface area contributed by atoms with Crippen LogP contribution in [0.1, 0.15) is 41.9 Å². The van der Waals surface area contributed by atoms with Crippen LogP contribution in [0.2, 0.25) is 0 Å². The lowest BCUT2D eigenvalue weighted by Crippen LogP contribution is -2.24. The van der Waals surface area contributed by atoms with E-state index in [-0.39, 0.29) is 0 Å². The third-order valence-corrected chi connectivity index (χ3v) is 4.35. The Morgan fingerprint density at radius 2 is 1.92 bits per heavy atom. The Hall–Kier alpha value is -2.14. The van der Waals surface area contributed by atoms with Crippen LogP contribution in [0.25, 0.3) is 0 Å². The van der Waals surface area contributed by atoms with Crippen molar-refractivity contribution in [3.05, 3.63) is 52.3 Å². The number of nitrogens with zero attached hydrogens (tertiary/aromatic N) is 2. The van der Waals surface area contributed by atoms with Gasteiger partial charge in [-0.2, -0.15) is 5.10 Å². The quantitative estimate of drug-likeness (QED) is 0.463. The molecule has 0 unspecified atom stereocenters. The van der Waals surface area contributed by atoms with E-state index in [1.54, 1.807) is 0 Å². The van der Waals surface area contributed by atoms with Gasteiger partial charge in [-0.1, -0.05) is 31.5 Å². The molecule has 0 bridgehead atoms. The van der Waals surface area contributed by atoms with Crippen LogP contribution in [-0.4, -0.2) is 15.9 Å². The molecule has 1 heterocycles. The van der Waals surface area contributed by atoms with Gasteiger partial charge in [0.25, 0.3) is 0 Å². The Labute approximate surface area is 156 Å². The molecule has 134 valence electrons. The van der Waals surface area contributed by atoms with Crippen LogP contribution < -0.4 is 10.7 Å². The summed E-state index contributed by atoms with van der Waals surface area (Å²) in [5.74, 6) is 0.613. The van der Waals surface area contributed by atoms with Gasteiger partial charge in [-0.3, -0.25) is 5.43 Å². The second kappa shape index (κ2) is 8.30. The fourth-order valence-electron chi connectivity index (χ4n) is 2.87. The predicted molar refractivity (Wildman–Crippen MR) is 112 cm³/mol. The molecule has 1 aromatic carbocycles. The standard InChI is InChI=1S/C20H28N4S/c1-13(2)12-24-16(5)10-18(17(24)6)11-21-23-20(25)22-19-8-7-14(3)9-15(19)4/h7-11,13H,12H2,1-6H3,(H2,22,23,25)/b21-11-. The Kier molecular flexibility index (Phi) is 6.37. The molecule has 2 rings (SSSR count). The number of anilines is 1. The Balaban J connectivity index is 2.00. The van der Waals surface area contributed by atoms with Crippen molar-refractivity contribution in [1.29, 1.82) is 0 Å². The van der Waals surface area contributed by atoms with Gasteiger partial charge in [0.15, 0.2) is 5.11 Å². The van der Waals surface area contributed by atoms with Crippen LogP contribution in [0.4, 0.5) is 5.69 Å². The number of rotatable bonds is 5. The maximum atomic E-state index is 5.32. The molecule has 0 saturated carbocycles. The topological polar surface area (TPSA) is 41.4 Å². The Morgan fingerprint density at radius 1 is 1.20 bits per heavy atom. The molecule has 0 aliphatic rings. The third kappa shape index (κ3) is 5.16. The summed E-state index contributed by atoms with van der Waals surface area (Å²) in [4.78, 5) is 0. The average Bonchev–Trinajstić information content (AvgIpc) is 2.77. The molecule has 0 amide bonds. The first-order valence-electron chi connectivity index (χ1n) is 8.62. The maximum absolute atomic E-state index is 5.32. The summed E-state index contributed by atoms with van der Waals surface area (Å²) in [6, 6.07) is 8.37. The average molecular weight is 357 g/mol. The van der Waals surface area contributed by atoms with Gasteiger partial charge in [0, 0.05) is 29.2 Å². The van der Waals surface area contributed by atoms with Crippen molar-refractivity contribution >= 4 is 29.2 Å². The highest BCUT2D eigenvalue weighted by Gasteiger charge is 2.08. The van der Waals surface area contributed by atoms with Crippen LogP contribution in [-0.2, 0) is 6.54 Å². The molecule has 0 fully saturated rings. The first-order chi connectivity index (χ1) is 11.8. The van der Waals surface area contributed by atoms with Crippen LogP contribution in [0.15, 0.2) is 29.4 Å². The van der Waals surface area contributed by atoms with Gasteiger partial charge < -0.3 is 9.88 Å². The normalized spacial score (nSPS) is 11.3. The van der Waals surface area contributed by atoms with Crippen molar-refractivity contribution in [3.8, 4) is 0 Å². The maximum Gasteiger partial charge on any atom is 0.191 e. The van der Waals surface area contributed by atoms with Crippen LogP contribution >= 0.6 is 12.2 Å². The molecule has 5 heteroatoms. The molecule has 1 aromatic heterocycles. The molecule has 2 aromatic rings. The van der Waals surface area contributed by atoms with E-state index in [0.29, 0.717) is 11.0 Å². The van der Waals surface area contributed by atoms with Crippen LogP contribution in [0.5, 0.6) is 0 Å². The molecule has 2 N–H and O–H groups in total. The van der Waals surface area contributed by atoms with E-state index in [4.69, 9.17) is 12.2 Å². The molecule has 0 aliphatic carbocycles. The van der Waals surface area contributed by atoms with Crippen molar-refractivity contribution in [2.75, 3.05) is 5.32 Å². The van der Waals surface area contributed by atoms with Crippen molar-refractivity contribution in [3.63, 3.8) is 0 Å². The molecule has 0 saturated heterocycles. The lowest BCUT2D eigenvalue weighted by Gasteiger charge is -2.12. The Bertz CT molecular complexity index is 787. The molecule has 4 nitrogen and oxygen atoms in total. The van der Waals surface area contributed by atoms with E-state index in [1.807, 2.05) is 12.3 Å². The second-order valence-corrected chi connectivity index (χ2v) is 7.38. The highest BCUT2D eigenvalue weighted by Crippen LogP contribution is 2.16. The minimum absolute atomic E-state index is 0.485. The fourth-order valence-corrected chi connectivity index (χ4v) is 3.03. The van der Waals surface area contributed by atoms with E-state index >= 15 is 0 Å². The minimum Gasteiger partial charge on any atom is -0.348 e. The number of aromatic nitrogens is 1. The SMILES string of the molecule is Cc1ccc(NC(=S)N/N=C\c2cc(C)n(CC(C)C)c2C)c(C)c1. The van der Waals surface area contributed by atoms with Crippen LogP contribution in [0.3, 0.4) is 0 Å². The monoisotopic (exact) mass is 356 g/mol. The summed E-state index contributed by atoms with van der Waals surface area (Å²) in [7, 11) is 0. The smallest absolute Gasteiger partial charge is 0.191 e. The number of nitrogens with one attached hydrogen (secondary N) is 2. The van der Waals surface area contributed by atoms with Gasteiger partial charge in [-0.25, -0.2) is 0 Å². The largest absolute Gasteiger partial charge is 0.348 e. The van der Waals surface area contributed by atoms with E-state index in [9.17, 15) is 0 Å². The summed E-state index contributed by atoms with van der Waals surface area (Å²) in [5, 5.41) is 7.96. The van der Waals surface area contributed by atoms with Crippen LogP contribution in [0, 0.1) is 33.6 Å². The number of aryl methyl sites for hydroxylation is 3. The number of thiocarbonyl (C=S) groups is 1. The molecule has 0 radical (unpaired) electrons. The molecule has 0 spiro atoms. The summed E-state index contributed by atoms with van der Waals surface area (Å²) >= 11 is 5.32. The lowest BCUT2D eigenvalue weighted by molar-refractivity contribution is 0.509. The van der Waals surface area contributed by atoms with E-state index < -0.39 is 0 Å². The van der Waals surface area contributed by atoms with Gasteiger partial charge in [0.1, 0.15) is 0 Å². The summed E-state index contributed by atoms with van der Waals surface area (Å²) in [6.45, 7) is 13.9. The second-order valence-electron chi connectivity index (χ2n) is 6.97. The van der Waals surface area contributed by atoms with Gasteiger partial charge >= 0.3 is 0 Å². The van der Waals surface area contributed by atoms with E-state index in [2.05, 4.69) is 80.2 Å². The van der Waals surface area contributed by atoms with Crippen molar-refractivity contribution in [1.82, 2.24) is 9.99 Å². The zero-order valence-electron chi connectivity index (χ0n) is 16.0. The highest BCUT2D eigenvalue weighted by molar-refractivity contribution is 7.80. The number of hydrazone groups is 1. The molecular weight excluding hydrogens is 328 g/mol. The van der Waals surface area contributed by atoms with Gasteiger partial charge in [-0.05, 0) is 63.5 Å². The molecular formula is C20H28N4S. The summed E-state index contributed by atoms with van der Waals surface area (Å²) < 4.78 is 2.33. The zero-order valence-corrected chi connectivity index (χ0v) is 16.8. The Morgan fingerprint density at radius 3 is 2.56 bits per heavy atom. The minimum atomic E-state index is 0.485. The molecule has 0 atom stereocenters. The molecule has 25 heavy (non-hydrogen) atoms. The number of benzene rings is 1. The predicted octanol–water partition coefficient (Wildman–Crippen LogP) is 4.70. The first-order valence-corrected chi connectivity index (χ1v) is 9.02. The third-order valence-electron chi connectivity index (χ3n) is 4.16. The van der Waals surface area contributed by atoms with Crippen molar-refractivity contribution in [2.45, 2.75) is 48.1 Å². The number of hydrogen-bond acceptors (Lipinski definition) is 2. The van der Waals surface area contributed by atoms with Gasteiger partial charge in [0.2, 0.25) is 0 Å². The first kappa shape index (κ1) is 19.2. The van der Waals surface area contributed by atoms with E-state index in [0.717, 1.165) is 23.4 Å². The highest BCUT2D eigenvalue weighted by atomic mass is 32.1. The summed E-state index contributed by atoms with van der Waals surface area (Å²) in [5.41, 5.74) is 9.87. The molecule has 0 aliphatic heterocycles. The van der Waals surface area contributed by atoms with Gasteiger partial charge in [-0.15, -0.1) is 0 Å². The van der Waals surface area contributed by atoms with Gasteiger partial charge in [0.05, 0.1) is 6.21 Å². The fraction of sp³-hybridized carbons (Fsp3) is 0.400. The zero-order chi connectivity index (χ0) is 18.6. The van der Waals surface area contributed by atoms with Crippen molar-refractivity contribution < 1.29 is 0 Å². The summed E-state index contributed by atoms with van der Waals surface area (Å²) in [6.07, 6.45) is 1.83. The van der Waals surface area contributed by atoms with Crippen molar-refractivity contribution in [2.24, 2.45) is 11.0 Å². The number of hydrogen-bond donors (Lipinski definition) is 2. The lowest BCUT2D eigenvalue weighted by atomic mass is 10.1. The van der Waals surface area contributed by atoms with E-state index in [1.165, 1.54) is 17.0 Å².